The van der Waals surface area contributed by atoms with Crippen molar-refractivity contribution in [3.8, 4) is 0 Å². The molecule has 0 aromatic rings. The van der Waals surface area contributed by atoms with Gasteiger partial charge in [0.15, 0.2) is 0 Å². The first-order valence-corrected chi connectivity index (χ1v) is 4.01. The molecule has 2 unspecified atom stereocenters. The molecule has 2 heteroatoms. The number of hydrogen-bond acceptors (Lipinski definition) is 0. The van der Waals surface area contributed by atoms with Crippen LogP contribution in [0.15, 0.2) is 12.2 Å². The minimum atomic E-state index is -1.17. The lowest BCUT2D eigenvalue weighted by molar-refractivity contribution is 0.230. The molecule has 0 nitrogen and oxygen atoms in total. The Morgan fingerprint density at radius 1 is 1.45 bits per heavy atom. The van der Waals surface area contributed by atoms with Crippen LogP contribution >= 0.6 is 0 Å². The topological polar surface area (TPSA) is 0 Å². The zero-order chi connectivity index (χ0) is 8.85. The van der Waals surface area contributed by atoms with Gasteiger partial charge < -0.3 is 0 Å². The van der Waals surface area contributed by atoms with E-state index in [-0.39, 0.29) is 6.42 Å². The Bertz CT molecular complexity index is 121. The summed E-state index contributed by atoms with van der Waals surface area (Å²) in [4.78, 5) is 0. The van der Waals surface area contributed by atoms with E-state index >= 15 is 0 Å². The molecule has 0 saturated carbocycles. The van der Waals surface area contributed by atoms with E-state index < -0.39 is 12.3 Å². The molecule has 0 aliphatic rings. The van der Waals surface area contributed by atoms with Crippen molar-refractivity contribution in [2.24, 2.45) is 0 Å². The number of hydrogen-bond donors (Lipinski definition) is 0. The van der Waals surface area contributed by atoms with Crippen LogP contribution in [-0.4, -0.2) is 12.3 Å². The summed E-state index contributed by atoms with van der Waals surface area (Å²) in [5.41, 5.74) is 0.420. The zero-order valence-corrected chi connectivity index (χ0v) is 7.24. The summed E-state index contributed by atoms with van der Waals surface area (Å²) in [5.74, 6) is 0. The summed E-state index contributed by atoms with van der Waals surface area (Å²) < 4.78 is 25.5. The van der Waals surface area contributed by atoms with Gasteiger partial charge in [-0.1, -0.05) is 19.9 Å². The molecule has 0 radical (unpaired) electrons. The second-order valence-electron chi connectivity index (χ2n) is 2.94. The first kappa shape index (κ1) is 10.6. The van der Waals surface area contributed by atoms with E-state index in [9.17, 15) is 8.78 Å². The van der Waals surface area contributed by atoms with Gasteiger partial charge in [-0.3, -0.25) is 0 Å². The molecule has 0 amide bonds. The quantitative estimate of drug-likeness (QED) is 0.543. The summed E-state index contributed by atoms with van der Waals surface area (Å²) in [6.07, 6.45) is -0.982. The third-order valence-corrected chi connectivity index (χ3v) is 1.60. The normalized spacial score (nSPS) is 16.0. The van der Waals surface area contributed by atoms with Gasteiger partial charge in [0.05, 0.1) is 0 Å². The molecule has 66 valence electrons. The molecule has 0 aromatic heterocycles. The van der Waals surface area contributed by atoms with Crippen molar-refractivity contribution in [1.82, 2.24) is 0 Å². The second-order valence-corrected chi connectivity index (χ2v) is 2.94. The van der Waals surface area contributed by atoms with Gasteiger partial charge in [-0.25, -0.2) is 8.78 Å². The molecular formula is C9H16F2. The first-order valence-electron chi connectivity index (χ1n) is 4.01. The van der Waals surface area contributed by atoms with E-state index in [2.05, 4.69) is 6.58 Å². The van der Waals surface area contributed by atoms with Crippen molar-refractivity contribution in [2.45, 2.75) is 45.5 Å². The molecule has 0 N–H and O–H groups in total. The van der Waals surface area contributed by atoms with E-state index in [0.29, 0.717) is 12.0 Å². The van der Waals surface area contributed by atoms with Crippen molar-refractivity contribution in [3.05, 3.63) is 12.2 Å². The Labute approximate surface area is 67.3 Å². The summed E-state index contributed by atoms with van der Waals surface area (Å²) in [7, 11) is 0. The lowest BCUT2D eigenvalue weighted by Crippen LogP contribution is -2.10. The minimum absolute atomic E-state index is 0.0246. The molecule has 0 heterocycles. The van der Waals surface area contributed by atoms with Crippen LogP contribution < -0.4 is 0 Å². The van der Waals surface area contributed by atoms with Gasteiger partial charge in [-0.15, -0.1) is 0 Å². The predicted octanol–water partition coefficient (Wildman–Crippen LogP) is 3.43. The molecular weight excluding hydrogens is 146 g/mol. The van der Waals surface area contributed by atoms with Gasteiger partial charge in [0.1, 0.15) is 12.3 Å². The average molecular weight is 162 g/mol. The van der Waals surface area contributed by atoms with Crippen molar-refractivity contribution in [3.63, 3.8) is 0 Å². The van der Waals surface area contributed by atoms with Crippen LogP contribution in [0.2, 0.25) is 0 Å². The van der Waals surface area contributed by atoms with Crippen LogP contribution in [-0.2, 0) is 0 Å². The molecule has 0 bridgehead atoms. The molecule has 0 spiro atoms. The lowest BCUT2D eigenvalue weighted by atomic mass is 10.1. The molecule has 0 fully saturated rings. The molecule has 0 aliphatic heterocycles. The maximum Gasteiger partial charge on any atom is 0.123 e. The maximum absolute atomic E-state index is 12.8. The Morgan fingerprint density at radius 3 is 2.36 bits per heavy atom. The Kier molecular flexibility index (Phi) is 5.08. The van der Waals surface area contributed by atoms with E-state index in [1.165, 1.54) is 0 Å². The largest absolute Gasteiger partial charge is 0.247 e. The van der Waals surface area contributed by atoms with Crippen molar-refractivity contribution in [1.29, 1.82) is 0 Å². The average Bonchev–Trinajstić information content (AvgIpc) is 1.87. The number of halogens is 2. The Balaban J connectivity index is 3.56. The fraction of sp³-hybridized carbons (Fsp3) is 0.778. The summed E-state index contributed by atoms with van der Waals surface area (Å²) in [6.45, 7) is 6.90. The summed E-state index contributed by atoms with van der Waals surface area (Å²) in [5, 5.41) is 0. The number of alkyl halides is 2. The van der Waals surface area contributed by atoms with Gasteiger partial charge in [-0.05, 0) is 18.9 Å². The van der Waals surface area contributed by atoms with Crippen molar-refractivity contribution < 1.29 is 8.78 Å². The molecule has 0 aromatic carbocycles. The highest BCUT2D eigenvalue weighted by Gasteiger charge is 2.14. The summed E-state index contributed by atoms with van der Waals surface area (Å²) in [6, 6.07) is 0. The molecule has 0 saturated heterocycles. The maximum atomic E-state index is 12.8. The van der Waals surface area contributed by atoms with Gasteiger partial charge >= 0.3 is 0 Å². The van der Waals surface area contributed by atoms with E-state index in [4.69, 9.17) is 0 Å². The minimum Gasteiger partial charge on any atom is -0.247 e. The highest BCUT2D eigenvalue weighted by atomic mass is 19.1. The fourth-order valence-electron chi connectivity index (χ4n) is 0.857. The third-order valence-electron chi connectivity index (χ3n) is 1.60. The molecule has 0 aliphatic carbocycles. The predicted molar refractivity (Wildman–Crippen MR) is 44.1 cm³/mol. The smallest absolute Gasteiger partial charge is 0.123 e. The van der Waals surface area contributed by atoms with Crippen molar-refractivity contribution >= 4 is 0 Å². The van der Waals surface area contributed by atoms with Gasteiger partial charge in [0, 0.05) is 6.42 Å². The Morgan fingerprint density at radius 2 is 2.00 bits per heavy atom. The number of allylic oxidation sites excluding steroid dienone is 1. The van der Waals surface area contributed by atoms with E-state index in [1.807, 2.05) is 6.92 Å². The highest BCUT2D eigenvalue weighted by molar-refractivity contribution is 4.97. The van der Waals surface area contributed by atoms with Crippen LogP contribution in [0.1, 0.15) is 33.1 Å². The standard InChI is InChI=1S/C9H16F2/c1-4-5-8(10)6-9(11)7(2)3/h8-9H,2,4-6H2,1,3H3. The monoisotopic (exact) mass is 162 g/mol. The number of rotatable bonds is 5. The highest BCUT2D eigenvalue weighted by Crippen LogP contribution is 2.15. The zero-order valence-electron chi connectivity index (χ0n) is 7.24. The van der Waals surface area contributed by atoms with Gasteiger partial charge in [-0.2, -0.15) is 0 Å². The van der Waals surface area contributed by atoms with Crippen LogP contribution in [0.25, 0.3) is 0 Å². The van der Waals surface area contributed by atoms with Crippen LogP contribution in [0.4, 0.5) is 8.78 Å². The van der Waals surface area contributed by atoms with E-state index in [1.54, 1.807) is 6.92 Å². The first-order chi connectivity index (χ1) is 5.07. The SMILES string of the molecule is C=C(C)C(F)CC(F)CCC. The van der Waals surface area contributed by atoms with Gasteiger partial charge in [0.2, 0.25) is 0 Å². The van der Waals surface area contributed by atoms with Crippen molar-refractivity contribution in [2.75, 3.05) is 0 Å². The Hall–Kier alpha value is -0.400. The van der Waals surface area contributed by atoms with Crippen LogP contribution in [0.3, 0.4) is 0 Å². The molecule has 2 atom stereocenters. The van der Waals surface area contributed by atoms with Crippen LogP contribution in [0.5, 0.6) is 0 Å². The molecule has 11 heavy (non-hydrogen) atoms. The summed E-state index contributed by atoms with van der Waals surface area (Å²) >= 11 is 0. The van der Waals surface area contributed by atoms with E-state index in [0.717, 1.165) is 6.42 Å². The fourth-order valence-corrected chi connectivity index (χ4v) is 0.857. The van der Waals surface area contributed by atoms with Gasteiger partial charge in [0.25, 0.3) is 0 Å². The van der Waals surface area contributed by atoms with Crippen LogP contribution in [0, 0.1) is 0 Å². The molecule has 0 rings (SSSR count). The third kappa shape index (κ3) is 4.93. The second kappa shape index (κ2) is 5.28. The lowest BCUT2D eigenvalue weighted by Gasteiger charge is -2.10.